The van der Waals surface area contributed by atoms with E-state index in [1.165, 1.54) is 60.5 Å². The Balaban J connectivity index is 1.84. The minimum absolute atomic E-state index is 0.102. The molecule has 1 aliphatic rings. The third kappa shape index (κ3) is 5.84. The number of hydrogen-bond donors (Lipinski definition) is 0. The predicted octanol–water partition coefficient (Wildman–Crippen LogP) is 7.60. The third-order valence-corrected chi connectivity index (χ3v) is 8.55. The van der Waals surface area contributed by atoms with Gasteiger partial charge in [0.1, 0.15) is 23.9 Å². The highest BCUT2D eigenvalue weighted by Gasteiger charge is 2.45. The summed E-state index contributed by atoms with van der Waals surface area (Å²) in [7, 11) is 3.43. The lowest BCUT2D eigenvalue weighted by Crippen LogP contribution is -2.40. The van der Waals surface area contributed by atoms with E-state index in [1.54, 1.807) is 14.2 Å². The summed E-state index contributed by atoms with van der Waals surface area (Å²) in [6.07, 6.45) is 11.4. The summed E-state index contributed by atoms with van der Waals surface area (Å²) in [6, 6.07) is 14.9. The summed E-state index contributed by atoms with van der Waals surface area (Å²) in [6.45, 7) is 0.668. The minimum atomic E-state index is -0.102. The van der Waals surface area contributed by atoms with E-state index in [9.17, 15) is 0 Å². The van der Waals surface area contributed by atoms with Crippen LogP contribution in [0.4, 0.5) is 0 Å². The van der Waals surface area contributed by atoms with Gasteiger partial charge in [-0.05, 0) is 52.9 Å². The van der Waals surface area contributed by atoms with Crippen LogP contribution in [0, 0.1) is 0 Å². The van der Waals surface area contributed by atoms with E-state index in [4.69, 9.17) is 14.2 Å². The summed E-state index contributed by atoms with van der Waals surface area (Å²) in [4.78, 5) is 0. The molecule has 0 aliphatic carbocycles. The van der Waals surface area contributed by atoms with E-state index in [1.807, 2.05) is 17.8 Å². The molecule has 2 atom stereocenters. The van der Waals surface area contributed by atoms with Crippen molar-refractivity contribution in [3.05, 3.63) is 53.6 Å². The van der Waals surface area contributed by atoms with Crippen molar-refractivity contribution in [2.45, 2.75) is 55.6 Å². The van der Waals surface area contributed by atoms with Gasteiger partial charge in [0.05, 0.1) is 19.0 Å². The maximum Gasteiger partial charge on any atom is 0.126 e. The molecule has 0 spiro atoms. The number of ether oxygens (including phenoxy) is 3. The molecule has 0 radical (unpaired) electrons. The van der Waals surface area contributed by atoms with Crippen molar-refractivity contribution in [3.63, 3.8) is 0 Å². The van der Waals surface area contributed by atoms with Gasteiger partial charge in [0.2, 0.25) is 0 Å². The first kappa shape index (κ1) is 24.6. The van der Waals surface area contributed by atoms with E-state index in [2.05, 4.69) is 65.2 Å². The quantitative estimate of drug-likeness (QED) is 0.153. The fraction of sp³-hybridized carbons (Fsp3) is 0.538. The largest absolute Gasteiger partial charge is 0.497 e. The Labute approximate surface area is 205 Å². The zero-order valence-corrected chi connectivity index (χ0v) is 22.0. The van der Waals surface area contributed by atoms with Crippen LogP contribution < -0.4 is 14.2 Å². The number of alkyl halides is 1. The number of benzene rings is 2. The van der Waals surface area contributed by atoms with Crippen LogP contribution in [0.5, 0.6) is 17.2 Å². The fourth-order valence-electron chi connectivity index (χ4n) is 4.61. The van der Waals surface area contributed by atoms with E-state index in [0.29, 0.717) is 12.5 Å². The number of thioether (sulfide) groups is 1. The first-order valence-corrected chi connectivity index (χ1v) is 14.0. The molecular formula is C26H35IO3S. The van der Waals surface area contributed by atoms with Crippen molar-refractivity contribution in [2.24, 2.45) is 0 Å². The molecule has 0 fully saturated rings. The number of methoxy groups -OCH3 is 2. The molecule has 3 rings (SSSR count). The lowest BCUT2D eigenvalue weighted by Gasteiger charge is -2.44. The molecule has 0 aromatic heterocycles. The van der Waals surface area contributed by atoms with Gasteiger partial charge < -0.3 is 14.2 Å². The van der Waals surface area contributed by atoms with Gasteiger partial charge in [-0.2, -0.15) is 0 Å². The zero-order chi connectivity index (χ0) is 22.1. The van der Waals surface area contributed by atoms with Gasteiger partial charge in [-0.15, -0.1) is 11.8 Å². The Morgan fingerprint density at radius 3 is 2.23 bits per heavy atom. The van der Waals surface area contributed by atoms with Crippen LogP contribution in [0.1, 0.15) is 62.0 Å². The van der Waals surface area contributed by atoms with E-state index in [0.717, 1.165) is 17.2 Å². The molecule has 170 valence electrons. The normalized spacial score (nSPS) is 20.1. The SMILES string of the molecule is COc1ccc([C@]2(SC)COc3cc(OC)ccc3[C@@H]2CCCCCCCCI)cc1. The van der Waals surface area contributed by atoms with Gasteiger partial charge in [-0.25, -0.2) is 0 Å². The van der Waals surface area contributed by atoms with Crippen LogP contribution in [0.2, 0.25) is 0 Å². The van der Waals surface area contributed by atoms with Crippen LogP contribution >= 0.6 is 34.4 Å². The molecule has 2 aromatic carbocycles. The molecule has 0 unspecified atom stereocenters. The summed E-state index contributed by atoms with van der Waals surface area (Å²) in [5.41, 5.74) is 2.62. The Morgan fingerprint density at radius 1 is 0.935 bits per heavy atom. The van der Waals surface area contributed by atoms with Crippen LogP contribution in [-0.2, 0) is 4.75 Å². The molecule has 0 bridgehead atoms. The van der Waals surface area contributed by atoms with Crippen LogP contribution in [0.15, 0.2) is 42.5 Å². The van der Waals surface area contributed by atoms with Crippen LogP contribution in [0.25, 0.3) is 0 Å². The van der Waals surface area contributed by atoms with Gasteiger partial charge in [0.25, 0.3) is 0 Å². The predicted molar refractivity (Wildman–Crippen MR) is 141 cm³/mol. The van der Waals surface area contributed by atoms with E-state index in [-0.39, 0.29) is 4.75 Å². The summed E-state index contributed by atoms with van der Waals surface area (Å²) in [5, 5.41) is 0. The Bertz CT molecular complexity index is 811. The third-order valence-electron chi connectivity index (χ3n) is 6.42. The highest BCUT2D eigenvalue weighted by atomic mass is 127. The van der Waals surface area contributed by atoms with Gasteiger partial charge in [0.15, 0.2) is 0 Å². The second-order valence-electron chi connectivity index (χ2n) is 8.17. The summed E-state index contributed by atoms with van der Waals surface area (Å²) >= 11 is 4.40. The lowest BCUT2D eigenvalue weighted by molar-refractivity contribution is 0.210. The number of unbranched alkanes of at least 4 members (excludes halogenated alkanes) is 5. The Hall–Kier alpha value is -1.08. The highest BCUT2D eigenvalue weighted by Crippen LogP contribution is 2.55. The molecule has 31 heavy (non-hydrogen) atoms. The molecule has 3 nitrogen and oxygen atoms in total. The van der Waals surface area contributed by atoms with E-state index < -0.39 is 0 Å². The van der Waals surface area contributed by atoms with Crippen molar-refractivity contribution in [1.29, 1.82) is 0 Å². The molecule has 0 saturated carbocycles. The topological polar surface area (TPSA) is 27.7 Å². The molecule has 0 saturated heterocycles. The van der Waals surface area contributed by atoms with E-state index >= 15 is 0 Å². The average Bonchev–Trinajstić information content (AvgIpc) is 2.83. The summed E-state index contributed by atoms with van der Waals surface area (Å²) in [5.74, 6) is 3.13. The second-order valence-corrected chi connectivity index (χ2v) is 10.4. The maximum atomic E-state index is 6.35. The van der Waals surface area contributed by atoms with Crippen LogP contribution in [0.3, 0.4) is 0 Å². The number of halogens is 1. The van der Waals surface area contributed by atoms with Crippen molar-refractivity contribution in [1.82, 2.24) is 0 Å². The molecule has 1 heterocycles. The van der Waals surface area contributed by atoms with Crippen molar-refractivity contribution >= 4 is 34.4 Å². The van der Waals surface area contributed by atoms with Gasteiger partial charge in [0, 0.05) is 12.0 Å². The van der Waals surface area contributed by atoms with Gasteiger partial charge in [-0.1, -0.05) is 72.9 Å². The maximum absolute atomic E-state index is 6.35. The fourth-order valence-corrected chi connectivity index (χ4v) is 6.22. The highest BCUT2D eigenvalue weighted by molar-refractivity contribution is 14.1. The second kappa shape index (κ2) is 12.2. The Kier molecular flexibility index (Phi) is 9.70. The lowest BCUT2D eigenvalue weighted by atomic mass is 9.76. The number of fused-ring (bicyclic) bond motifs is 1. The molecule has 1 aliphatic heterocycles. The molecule has 0 amide bonds. The first-order chi connectivity index (χ1) is 15.2. The van der Waals surface area contributed by atoms with Crippen molar-refractivity contribution in [3.8, 4) is 17.2 Å². The first-order valence-electron chi connectivity index (χ1n) is 11.2. The summed E-state index contributed by atoms with van der Waals surface area (Å²) < 4.78 is 18.4. The average molecular weight is 555 g/mol. The number of rotatable bonds is 12. The number of hydrogen-bond acceptors (Lipinski definition) is 4. The Morgan fingerprint density at radius 2 is 1.58 bits per heavy atom. The molecule has 2 aromatic rings. The smallest absolute Gasteiger partial charge is 0.126 e. The standard InChI is InChI=1S/C26H35IO3S/c1-28-21-13-11-20(12-14-21)26(31-3)19-30-25-18-22(29-2)15-16-23(25)24(26)10-8-6-4-5-7-9-17-27/h11-16,18,24H,4-10,17,19H2,1-3H3/t24-,26+/m0/s1. The van der Waals surface area contributed by atoms with Crippen molar-refractivity contribution < 1.29 is 14.2 Å². The van der Waals surface area contributed by atoms with Crippen LogP contribution in [-0.4, -0.2) is 31.5 Å². The monoisotopic (exact) mass is 554 g/mol. The van der Waals surface area contributed by atoms with Crippen molar-refractivity contribution in [2.75, 3.05) is 31.5 Å². The minimum Gasteiger partial charge on any atom is -0.497 e. The van der Waals surface area contributed by atoms with Gasteiger partial charge >= 0.3 is 0 Å². The molecular weight excluding hydrogens is 519 g/mol. The zero-order valence-electron chi connectivity index (χ0n) is 19.0. The molecule has 0 N–H and O–H groups in total. The van der Waals surface area contributed by atoms with Gasteiger partial charge in [-0.3, -0.25) is 0 Å². The molecule has 5 heteroatoms.